The number of aliphatic carboxylic acids is 1. The number of nitrogens with zero attached hydrogens (tertiary/aromatic N) is 1. The first-order chi connectivity index (χ1) is 9.81. The number of carboxylic acid groups (broad SMARTS) is 1. The van der Waals surface area contributed by atoms with Crippen molar-refractivity contribution in [1.29, 1.82) is 0 Å². The second-order valence-corrected chi connectivity index (χ2v) is 7.20. The quantitative estimate of drug-likeness (QED) is 0.798. The molecule has 1 aromatic rings. The minimum absolute atomic E-state index is 0.139. The molecule has 0 aromatic heterocycles. The molecule has 1 rings (SSSR count). The fourth-order valence-corrected chi connectivity index (χ4v) is 3.40. The molecular formula is C15H23NO4S. The molecule has 1 N–H and O–H groups in total. The van der Waals surface area contributed by atoms with E-state index in [2.05, 4.69) is 0 Å². The molecule has 0 aliphatic carbocycles. The topological polar surface area (TPSA) is 74.7 Å². The van der Waals surface area contributed by atoms with Crippen LogP contribution < -0.4 is 4.90 Å². The lowest BCUT2D eigenvalue weighted by atomic mass is 10.1. The van der Waals surface area contributed by atoms with Gasteiger partial charge in [-0.15, -0.1) is 0 Å². The van der Waals surface area contributed by atoms with Gasteiger partial charge in [0, 0.05) is 18.8 Å². The lowest BCUT2D eigenvalue weighted by molar-refractivity contribution is -0.140. The van der Waals surface area contributed by atoms with E-state index >= 15 is 0 Å². The molecule has 6 heteroatoms. The Hall–Kier alpha value is -1.56. The van der Waals surface area contributed by atoms with Crippen LogP contribution in [0.4, 0.5) is 5.69 Å². The Balaban J connectivity index is 2.92. The van der Waals surface area contributed by atoms with Crippen LogP contribution in [0, 0.1) is 5.92 Å². The zero-order valence-corrected chi connectivity index (χ0v) is 13.6. The first-order valence-electron chi connectivity index (χ1n) is 7.12. The molecule has 0 amide bonds. The second kappa shape index (κ2) is 7.45. The van der Waals surface area contributed by atoms with Gasteiger partial charge in [0.1, 0.15) is 0 Å². The maximum absolute atomic E-state index is 12.0. The molecule has 0 aliphatic heterocycles. The first-order valence-corrected chi connectivity index (χ1v) is 8.77. The Kier molecular flexibility index (Phi) is 6.20. The Labute approximate surface area is 126 Å². The van der Waals surface area contributed by atoms with Crippen LogP contribution in [0.5, 0.6) is 0 Å². The van der Waals surface area contributed by atoms with Gasteiger partial charge in [0.15, 0.2) is 9.84 Å². The van der Waals surface area contributed by atoms with Crippen LogP contribution in [0.15, 0.2) is 29.2 Å². The highest BCUT2D eigenvalue weighted by Gasteiger charge is 2.17. The molecule has 5 nitrogen and oxygen atoms in total. The van der Waals surface area contributed by atoms with Gasteiger partial charge in [-0.3, -0.25) is 4.79 Å². The maximum Gasteiger partial charge on any atom is 0.308 e. The highest BCUT2D eigenvalue weighted by atomic mass is 32.2. The largest absolute Gasteiger partial charge is 0.481 e. The van der Waals surface area contributed by atoms with Crippen molar-refractivity contribution in [2.75, 3.05) is 23.7 Å². The first kappa shape index (κ1) is 17.5. The summed E-state index contributed by atoms with van der Waals surface area (Å²) in [5, 5.41) is 8.98. The van der Waals surface area contributed by atoms with E-state index in [1.54, 1.807) is 31.2 Å². The highest BCUT2D eigenvalue weighted by molar-refractivity contribution is 7.91. The fourth-order valence-electron chi connectivity index (χ4n) is 2.08. The minimum Gasteiger partial charge on any atom is -0.481 e. The van der Waals surface area contributed by atoms with Gasteiger partial charge in [0.05, 0.1) is 16.6 Å². The second-order valence-electron chi connectivity index (χ2n) is 5.09. The standard InChI is InChI=1S/C15H23NO4S/c1-4-10-21(19,20)14-8-6-13(7-9-14)16(5-2)11-12(3)15(17)18/h6-9,12H,4-5,10-11H2,1-3H3,(H,17,18). The number of sulfone groups is 1. The Morgan fingerprint density at radius 3 is 2.24 bits per heavy atom. The highest BCUT2D eigenvalue weighted by Crippen LogP contribution is 2.20. The van der Waals surface area contributed by atoms with Gasteiger partial charge in [-0.05, 0) is 37.6 Å². The molecule has 21 heavy (non-hydrogen) atoms. The van der Waals surface area contributed by atoms with E-state index in [9.17, 15) is 13.2 Å². The van der Waals surface area contributed by atoms with E-state index in [4.69, 9.17) is 5.11 Å². The molecule has 0 saturated carbocycles. The lowest BCUT2D eigenvalue weighted by Gasteiger charge is -2.25. The molecule has 0 aliphatic rings. The van der Waals surface area contributed by atoms with Crippen LogP contribution >= 0.6 is 0 Å². The predicted molar refractivity (Wildman–Crippen MR) is 83.5 cm³/mol. The van der Waals surface area contributed by atoms with E-state index in [1.807, 2.05) is 18.7 Å². The minimum atomic E-state index is -3.21. The van der Waals surface area contributed by atoms with Crippen molar-refractivity contribution in [2.45, 2.75) is 32.1 Å². The van der Waals surface area contributed by atoms with Crippen LogP contribution in [0.1, 0.15) is 27.2 Å². The Morgan fingerprint density at radius 1 is 1.24 bits per heavy atom. The zero-order chi connectivity index (χ0) is 16.0. The van der Waals surface area contributed by atoms with Crippen molar-refractivity contribution in [3.8, 4) is 0 Å². The SMILES string of the molecule is CCCS(=O)(=O)c1ccc(N(CC)CC(C)C(=O)O)cc1. The molecule has 0 saturated heterocycles. The smallest absolute Gasteiger partial charge is 0.308 e. The van der Waals surface area contributed by atoms with E-state index in [1.165, 1.54) is 0 Å². The third kappa shape index (κ3) is 4.74. The van der Waals surface area contributed by atoms with Crippen molar-refractivity contribution in [3.05, 3.63) is 24.3 Å². The van der Waals surface area contributed by atoms with Gasteiger partial charge in [-0.1, -0.05) is 13.8 Å². The summed E-state index contributed by atoms with van der Waals surface area (Å²) in [6.45, 7) is 6.49. The van der Waals surface area contributed by atoms with Gasteiger partial charge in [0.25, 0.3) is 0 Å². The Bertz CT molecular complexity index is 566. The van der Waals surface area contributed by atoms with Crippen LogP contribution in [0.2, 0.25) is 0 Å². The summed E-state index contributed by atoms with van der Waals surface area (Å²) in [5.74, 6) is -1.18. The molecular weight excluding hydrogens is 290 g/mol. The number of carboxylic acids is 1. The summed E-state index contributed by atoms with van der Waals surface area (Å²) >= 11 is 0. The van der Waals surface area contributed by atoms with Gasteiger partial charge in [-0.2, -0.15) is 0 Å². The third-order valence-electron chi connectivity index (χ3n) is 3.33. The molecule has 1 atom stereocenters. The van der Waals surface area contributed by atoms with Crippen LogP contribution in [0.25, 0.3) is 0 Å². The maximum atomic E-state index is 12.0. The number of hydrogen-bond acceptors (Lipinski definition) is 4. The van der Waals surface area contributed by atoms with E-state index in [0.717, 1.165) is 5.69 Å². The van der Waals surface area contributed by atoms with Crippen LogP contribution in [-0.4, -0.2) is 38.3 Å². The fraction of sp³-hybridized carbons (Fsp3) is 0.533. The summed E-state index contributed by atoms with van der Waals surface area (Å²) < 4.78 is 23.9. The summed E-state index contributed by atoms with van der Waals surface area (Å²) in [5.41, 5.74) is 0.834. The van der Waals surface area contributed by atoms with Crippen molar-refractivity contribution in [3.63, 3.8) is 0 Å². The zero-order valence-electron chi connectivity index (χ0n) is 12.7. The van der Waals surface area contributed by atoms with E-state index < -0.39 is 21.7 Å². The van der Waals surface area contributed by atoms with Crippen molar-refractivity contribution >= 4 is 21.5 Å². The van der Waals surface area contributed by atoms with Gasteiger partial charge >= 0.3 is 5.97 Å². The molecule has 0 bridgehead atoms. The van der Waals surface area contributed by atoms with Crippen LogP contribution in [-0.2, 0) is 14.6 Å². The van der Waals surface area contributed by atoms with Crippen molar-refractivity contribution < 1.29 is 18.3 Å². The summed E-state index contributed by atoms with van der Waals surface area (Å²) in [6, 6.07) is 6.66. The Morgan fingerprint density at radius 2 is 1.81 bits per heavy atom. The molecule has 0 heterocycles. The molecule has 0 fully saturated rings. The summed E-state index contributed by atoms with van der Waals surface area (Å²) in [7, 11) is -3.21. The average Bonchev–Trinajstić information content (AvgIpc) is 2.44. The summed E-state index contributed by atoms with van der Waals surface area (Å²) in [6.07, 6.45) is 0.585. The number of carbonyl (C=O) groups is 1. The molecule has 118 valence electrons. The van der Waals surface area contributed by atoms with Gasteiger partial charge in [-0.25, -0.2) is 8.42 Å². The van der Waals surface area contributed by atoms with Gasteiger partial charge < -0.3 is 10.0 Å². The van der Waals surface area contributed by atoms with Crippen molar-refractivity contribution in [2.24, 2.45) is 5.92 Å². The normalized spacial score (nSPS) is 12.9. The summed E-state index contributed by atoms with van der Waals surface area (Å²) in [4.78, 5) is 13.2. The van der Waals surface area contributed by atoms with E-state index in [-0.39, 0.29) is 5.75 Å². The monoisotopic (exact) mass is 313 g/mol. The number of anilines is 1. The molecule has 1 unspecified atom stereocenters. The molecule has 0 radical (unpaired) electrons. The molecule has 1 aromatic carbocycles. The third-order valence-corrected chi connectivity index (χ3v) is 5.27. The van der Waals surface area contributed by atoms with E-state index in [0.29, 0.717) is 24.4 Å². The average molecular weight is 313 g/mol. The number of benzene rings is 1. The van der Waals surface area contributed by atoms with Gasteiger partial charge in [0.2, 0.25) is 0 Å². The predicted octanol–water partition coefficient (Wildman–Crippen LogP) is 2.42. The van der Waals surface area contributed by atoms with Crippen LogP contribution in [0.3, 0.4) is 0 Å². The number of hydrogen-bond donors (Lipinski definition) is 1. The van der Waals surface area contributed by atoms with Crippen molar-refractivity contribution in [1.82, 2.24) is 0 Å². The lowest BCUT2D eigenvalue weighted by Crippen LogP contribution is -2.31. The molecule has 0 spiro atoms. The number of rotatable bonds is 8.